The highest BCUT2D eigenvalue weighted by molar-refractivity contribution is 7.92. The Balaban J connectivity index is 1.59. The molecule has 3 aromatic rings. The predicted molar refractivity (Wildman–Crippen MR) is 171 cm³/mol. The Hall–Kier alpha value is -3.27. The first-order valence-electron chi connectivity index (χ1n) is 14.4. The molecule has 1 fully saturated rings. The van der Waals surface area contributed by atoms with Crippen LogP contribution in [0, 0.1) is 0 Å². The van der Waals surface area contributed by atoms with Gasteiger partial charge < -0.3 is 15.0 Å². The number of benzene rings is 3. The highest BCUT2D eigenvalue weighted by Gasteiger charge is 2.33. The normalized spacial score (nSPS) is 14.5. The van der Waals surface area contributed by atoms with Gasteiger partial charge in [-0.25, -0.2) is 8.42 Å². The Kier molecular flexibility index (Phi) is 11.3. The van der Waals surface area contributed by atoms with E-state index in [0.717, 1.165) is 42.7 Å². The van der Waals surface area contributed by atoms with E-state index in [-0.39, 0.29) is 18.5 Å². The van der Waals surface area contributed by atoms with Crippen molar-refractivity contribution < 1.29 is 22.7 Å². The number of rotatable bonds is 12. The number of nitrogens with one attached hydrogen (secondary N) is 1. The molecule has 0 unspecified atom stereocenters. The van der Waals surface area contributed by atoms with E-state index in [4.69, 9.17) is 27.9 Å². The van der Waals surface area contributed by atoms with Crippen molar-refractivity contribution in [3.8, 4) is 11.5 Å². The minimum Gasteiger partial charge on any atom is -0.457 e. The molecule has 1 atom stereocenters. The maximum atomic E-state index is 14.0. The van der Waals surface area contributed by atoms with Crippen LogP contribution in [0.1, 0.15) is 51.0 Å². The first-order valence-corrected chi connectivity index (χ1v) is 17.0. The quantitative estimate of drug-likeness (QED) is 0.233. The van der Waals surface area contributed by atoms with E-state index in [0.29, 0.717) is 39.2 Å². The van der Waals surface area contributed by atoms with Gasteiger partial charge in [0, 0.05) is 12.6 Å². The molecule has 43 heavy (non-hydrogen) atoms. The van der Waals surface area contributed by atoms with Gasteiger partial charge in [0.05, 0.1) is 22.0 Å². The van der Waals surface area contributed by atoms with Gasteiger partial charge in [-0.05, 0) is 73.4 Å². The smallest absolute Gasteiger partial charge is 0.244 e. The molecule has 0 spiro atoms. The summed E-state index contributed by atoms with van der Waals surface area (Å²) < 4.78 is 32.8. The van der Waals surface area contributed by atoms with E-state index < -0.39 is 28.5 Å². The third-order valence-electron chi connectivity index (χ3n) is 7.46. The maximum absolute atomic E-state index is 14.0. The molecule has 3 aromatic carbocycles. The van der Waals surface area contributed by atoms with Gasteiger partial charge in [0.1, 0.15) is 24.1 Å². The van der Waals surface area contributed by atoms with E-state index in [2.05, 4.69) is 5.32 Å². The van der Waals surface area contributed by atoms with Crippen LogP contribution in [0.5, 0.6) is 11.5 Å². The summed E-state index contributed by atoms with van der Waals surface area (Å²) in [4.78, 5) is 29.0. The van der Waals surface area contributed by atoms with Gasteiger partial charge >= 0.3 is 0 Å². The number of amides is 2. The summed E-state index contributed by atoms with van der Waals surface area (Å²) in [5, 5.41) is 3.82. The van der Waals surface area contributed by atoms with Crippen LogP contribution in [0.2, 0.25) is 10.0 Å². The highest BCUT2D eigenvalue weighted by Crippen LogP contribution is 2.27. The first kappa shape index (κ1) is 32.6. The van der Waals surface area contributed by atoms with Gasteiger partial charge in [0.25, 0.3) is 0 Å². The first-order chi connectivity index (χ1) is 20.5. The zero-order valence-corrected chi connectivity index (χ0v) is 26.7. The summed E-state index contributed by atoms with van der Waals surface area (Å²) in [5.74, 6) is 0.379. The summed E-state index contributed by atoms with van der Waals surface area (Å²) in [6.07, 6.45) is 6.43. The van der Waals surface area contributed by atoms with E-state index in [9.17, 15) is 18.0 Å². The Morgan fingerprint density at radius 2 is 1.58 bits per heavy atom. The molecule has 1 saturated carbocycles. The lowest BCUT2D eigenvalue weighted by atomic mass is 9.95. The van der Waals surface area contributed by atoms with E-state index >= 15 is 0 Å². The van der Waals surface area contributed by atoms with Gasteiger partial charge in [-0.2, -0.15) is 0 Å². The lowest BCUT2D eigenvalue weighted by molar-refractivity contribution is -0.140. The number of para-hydroxylation sites is 1. The van der Waals surface area contributed by atoms with Crippen LogP contribution in [-0.4, -0.2) is 50.0 Å². The lowest BCUT2D eigenvalue weighted by Crippen LogP contribution is -2.53. The Morgan fingerprint density at radius 3 is 2.19 bits per heavy atom. The van der Waals surface area contributed by atoms with Crippen LogP contribution in [0.4, 0.5) is 5.69 Å². The van der Waals surface area contributed by atoms with E-state index in [1.54, 1.807) is 42.5 Å². The number of carbonyl (C=O) groups excluding carboxylic acids is 2. The summed E-state index contributed by atoms with van der Waals surface area (Å²) >= 11 is 12.4. The average molecular weight is 647 g/mol. The zero-order chi connectivity index (χ0) is 31.0. The molecule has 11 heteroatoms. The van der Waals surface area contributed by atoms with Gasteiger partial charge in [-0.3, -0.25) is 13.9 Å². The second-order valence-corrected chi connectivity index (χ2v) is 13.4. The third-order valence-corrected chi connectivity index (χ3v) is 9.34. The van der Waals surface area contributed by atoms with Crippen molar-refractivity contribution in [2.24, 2.45) is 0 Å². The zero-order valence-electron chi connectivity index (χ0n) is 24.3. The molecule has 0 aromatic heterocycles. The van der Waals surface area contributed by atoms with Crippen LogP contribution in [-0.2, 0) is 26.2 Å². The number of halogens is 2. The molecule has 0 heterocycles. The summed E-state index contributed by atoms with van der Waals surface area (Å²) in [6.45, 7) is 1.39. The number of nitrogens with zero attached hydrogens (tertiary/aromatic N) is 2. The fraction of sp³-hybridized carbons (Fsp3) is 0.375. The predicted octanol–water partition coefficient (Wildman–Crippen LogP) is 6.81. The Labute approximate surface area is 264 Å². The molecule has 2 amide bonds. The molecule has 0 bridgehead atoms. The number of sulfonamides is 1. The second kappa shape index (κ2) is 14.9. The van der Waals surface area contributed by atoms with Crippen molar-refractivity contribution in [2.75, 3.05) is 17.1 Å². The number of hydrogen-bond acceptors (Lipinski definition) is 5. The van der Waals surface area contributed by atoms with Crippen LogP contribution < -0.4 is 14.4 Å². The van der Waals surface area contributed by atoms with Gasteiger partial charge in [0.15, 0.2) is 0 Å². The molecule has 0 radical (unpaired) electrons. The van der Waals surface area contributed by atoms with Gasteiger partial charge in [0.2, 0.25) is 21.8 Å². The molecule has 230 valence electrons. The van der Waals surface area contributed by atoms with Gasteiger partial charge in [-0.1, -0.05) is 73.7 Å². The maximum Gasteiger partial charge on any atom is 0.244 e. The van der Waals surface area contributed by atoms with Crippen molar-refractivity contribution in [1.82, 2.24) is 10.2 Å². The van der Waals surface area contributed by atoms with Crippen molar-refractivity contribution in [2.45, 2.75) is 64.1 Å². The molecule has 0 aliphatic heterocycles. The number of anilines is 1. The minimum absolute atomic E-state index is 0.0494. The molecule has 4 rings (SSSR count). The van der Waals surface area contributed by atoms with Crippen LogP contribution in [0.3, 0.4) is 0 Å². The van der Waals surface area contributed by atoms with Crippen molar-refractivity contribution >= 4 is 50.7 Å². The summed E-state index contributed by atoms with van der Waals surface area (Å²) in [6, 6.07) is 19.9. The summed E-state index contributed by atoms with van der Waals surface area (Å²) in [5.41, 5.74) is 0.963. The monoisotopic (exact) mass is 645 g/mol. The molecule has 0 saturated heterocycles. The standard InChI is InChI=1S/C32H37Cl2N3O5S/c1-3-30(32(39)35-24-10-6-4-7-11-24)36(21-23-14-19-28(33)29(34)20-23)31(38)22-37(43(2,40)41)25-15-17-27(18-16-25)42-26-12-8-5-9-13-26/h5,8-9,12-20,24,30H,3-4,6-7,10-11,21-22H2,1-2H3,(H,35,39)/t30-/m0/s1. The number of hydrogen-bond donors (Lipinski definition) is 1. The lowest BCUT2D eigenvalue weighted by Gasteiger charge is -2.34. The van der Waals surface area contributed by atoms with E-state index in [1.165, 1.54) is 4.90 Å². The van der Waals surface area contributed by atoms with Crippen molar-refractivity contribution in [3.63, 3.8) is 0 Å². The number of ether oxygens (including phenoxy) is 1. The van der Waals surface area contributed by atoms with Crippen LogP contribution in [0.15, 0.2) is 72.8 Å². The largest absolute Gasteiger partial charge is 0.457 e. The SMILES string of the molecule is CC[C@@H](C(=O)NC1CCCCC1)N(Cc1ccc(Cl)c(Cl)c1)C(=O)CN(c1ccc(Oc2ccccc2)cc1)S(C)(=O)=O. The van der Waals surface area contributed by atoms with Crippen molar-refractivity contribution in [1.29, 1.82) is 0 Å². The minimum atomic E-state index is -3.87. The Morgan fingerprint density at radius 1 is 0.930 bits per heavy atom. The molecule has 1 aliphatic rings. The average Bonchev–Trinajstić information content (AvgIpc) is 2.98. The molecular weight excluding hydrogens is 609 g/mol. The third kappa shape index (κ3) is 9.11. The topological polar surface area (TPSA) is 96.0 Å². The van der Waals surface area contributed by atoms with Crippen LogP contribution >= 0.6 is 23.2 Å². The Bertz CT molecular complexity index is 1500. The molecular formula is C32H37Cl2N3O5S. The fourth-order valence-electron chi connectivity index (χ4n) is 5.22. The van der Waals surface area contributed by atoms with Crippen molar-refractivity contribution in [3.05, 3.63) is 88.4 Å². The fourth-order valence-corrected chi connectivity index (χ4v) is 6.39. The number of carbonyl (C=O) groups is 2. The molecule has 1 aliphatic carbocycles. The molecule has 8 nitrogen and oxygen atoms in total. The summed E-state index contributed by atoms with van der Waals surface area (Å²) in [7, 11) is -3.87. The second-order valence-electron chi connectivity index (χ2n) is 10.7. The van der Waals surface area contributed by atoms with Gasteiger partial charge in [-0.15, -0.1) is 0 Å². The van der Waals surface area contributed by atoms with Crippen LogP contribution in [0.25, 0.3) is 0 Å². The highest BCUT2D eigenvalue weighted by atomic mass is 35.5. The van der Waals surface area contributed by atoms with E-state index in [1.807, 2.05) is 37.3 Å². The molecule has 1 N–H and O–H groups in total.